The minimum atomic E-state index is -4.02. The zero-order valence-electron chi connectivity index (χ0n) is 9.05. The van der Waals surface area contributed by atoms with Gasteiger partial charge in [0.05, 0.1) is 5.30 Å². The summed E-state index contributed by atoms with van der Waals surface area (Å²) in [4.78, 5) is 17.2. The van der Waals surface area contributed by atoms with Crippen molar-refractivity contribution in [2.45, 2.75) is 13.8 Å². The Hall–Kier alpha value is -0.670. The van der Waals surface area contributed by atoms with Gasteiger partial charge in [0.1, 0.15) is 0 Å². The van der Waals surface area contributed by atoms with E-state index in [0.717, 1.165) is 13.1 Å². The lowest BCUT2D eigenvalue weighted by Gasteiger charge is -2.00. The Kier molecular flexibility index (Phi) is 7.26. The Morgan fingerprint density at radius 3 is 1.80 bits per heavy atom. The van der Waals surface area contributed by atoms with Gasteiger partial charge in [-0.1, -0.05) is 32.0 Å². The summed E-state index contributed by atoms with van der Waals surface area (Å²) in [6.45, 7) is 6.39. The average molecular weight is 231 g/mol. The lowest BCUT2D eigenvalue weighted by Crippen LogP contribution is -2.09. The summed E-state index contributed by atoms with van der Waals surface area (Å²) in [5.41, 5.74) is 0. The first-order valence-electron chi connectivity index (χ1n) is 4.84. The molecule has 0 unspecified atom stereocenters. The molecule has 0 fully saturated rings. The molecule has 0 heterocycles. The molecule has 1 aromatic rings. The van der Waals surface area contributed by atoms with Gasteiger partial charge in [0.15, 0.2) is 0 Å². The molecular weight excluding hydrogens is 213 g/mol. The minimum Gasteiger partial charge on any atom is -0.321 e. The molecule has 0 aliphatic rings. The molecule has 0 saturated carbocycles. The van der Waals surface area contributed by atoms with Crippen molar-refractivity contribution in [2.75, 3.05) is 13.1 Å². The molecule has 0 atom stereocenters. The van der Waals surface area contributed by atoms with E-state index in [0.29, 0.717) is 0 Å². The van der Waals surface area contributed by atoms with Crippen LogP contribution in [-0.4, -0.2) is 22.9 Å². The number of nitrogens with one attached hydrogen (secondary N) is 1. The molecule has 0 amide bonds. The van der Waals surface area contributed by atoms with Crippen LogP contribution in [0.2, 0.25) is 0 Å². The fourth-order valence-corrected chi connectivity index (χ4v) is 1.43. The van der Waals surface area contributed by atoms with E-state index in [2.05, 4.69) is 19.2 Å². The van der Waals surface area contributed by atoms with Crippen molar-refractivity contribution in [1.82, 2.24) is 5.32 Å². The highest BCUT2D eigenvalue weighted by atomic mass is 31.2. The Bertz CT molecular complexity index is 295. The van der Waals surface area contributed by atoms with E-state index in [4.69, 9.17) is 9.79 Å². The van der Waals surface area contributed by atoms with E-state index in [-0.39, 0.29) is 5.30 Å². The zero-order valence-corrected chi connectivity index (χ0v) is 9.95. The fourth-order valence-electron chi connectivity index (χ4n) is 0.872. The summed E-state index contributed by atoms with van der Waals surface area (Å²) in [7, 11) is -4.02. The van der Waals surface area contributed by atoms with Gasteiger partial charge in [-0.2, -0.15) is 0 Å². The molecule has 0 spiro atoms. The summed E-state index contributed by atoms with van der Waals surface area (Å²) >= 11 is 0. The molecule has 0 saturated heterocycles. The van der Waals surface area contributed by atoms with Crippen LogP contribution in [0.1, 0.15) is 13.8 Å². The largest absolute Gasteiger partial charge is 0.356 e. The van der Waals surface area contributed by atoms with Gasteiger partial charge in [-0.3, -0.25) is 4.57 Å². The lowest BCUT2D eigenvalue weighted by atomic mass is 10.4. The van der Waals surface area contributed by atoms with Crippen LogP contribution in [-0.2, 0) is 4.57 Å². The third-order valence-corrected chi connectivity index (χ3v) is 2.56. The summed E-state index contributed by atoms with van der Waals surface area (Å²) in [6, 6.07) is 7.70. The van der Waals surface area contributed by atoms with Gasteiger partial charge in [-0.25, -0.2) is 0 Å². The van der Waals surface area contributed by atoms with Crippen molar-refractivity contribution in [1.29, 1.82) is 0 Å². The molecule has 86 valence electrons. The van der Waals surface area contributed by atoms with E-state index in [9.17, 15) is 4.57 Å². The molecular formula is C10H18NO3P. The molecule has 4 nitrogen and oxygen atoms in total. The van der Waals surface area contributed by atoms with Crippen LogP contribution < -0.4 is 10.6 Å². The van der Waals surface area contributed by atoms with Crippen LogP contribution in [0.5, 0.6) is 0 Å². The second kappa shape index (κ2) is 7.60. The Morgan fingerprint density at radius 1 is 1.13 bits per heavy atom. The number of hydrogen-bond acceptors (Lipinski definition) is 2. The van der Waals surface area contributed by atoms with E-state index < -0.39 is 7.60 Å². The number of rotatable bonds is 3. The van der Waals surface area contributed by atoms with Gasteiger partial charge < -0.3 is 15.1 Å². The maximum Gasteiger partial charge on any atom is 0.356 e. The molecule has 0 aliphatic carbocycles. The van der Waals surface area contributed by atoms with Gasteiger partial charge in [0, 0.05) is 0 Å². The van der Waals surface area contributed by atoms with Crippen LogP contribution in [0.3, 0.4) is 0 Å². The first kappa shape index (κ1) is 14.3. The van der Waals surface area contributed by atoms with Gasteiger partial charge in [-0.15, -0.1) is 0 Å². The van der Waals surface area contributed by atoms with Crippen molar-refractivity contribution in [3.05, 3.63) is 30.3 Å². The van der Waals surface area contributed by atoms with Crippen molar-refractivity contribution in [3.63, 3.8) is 0 Å². The van der Waals surface area contributed by atoms with E-state index in [1.807, 2.05) is 0 Å². The molecule has 15 heavy (non-hydrogen) atoms. The molecule has 0 bridgehead atoms. The van der Waals surface area contributed by atoms with E-state index >= 15 is 0 Å². The normalized spacial score (nSPS) is 10.4. The van der Waals surface area contributed by atoms with Crippen molar-refractivity contribution >= 4 is 12.9 Å². The highest BCUT2D eigenvalue weighted by Crippen LogP contribution is 2.32. The van der Waals surface area contributed by atoms with Gasteiger partial charge in [-0.05, 0) is 25.2 Å². The molecule has 0 radical (unpaired) electrons. The van der Waals surface area contributed by atoms with Crippen LogP contribution in [0.25, 0.3) is 0 Å². The SMILES string of the molecule is CCNCC.O=P(O)(O)c1ccccc1. The summed E-state index contributed by atoms with van der Waals surface area (Å²) in [5, 5.41) is 3.18. The van der Waals surface area contributed by atoms with Crippen molar-refractivity contribution in [3.8, 4) is 0 Å². The Labute approximate surface area is 90.5 Å². The van der Waals surface area contributed by atoms with E-state index in [1.165, 1.54) is 12.1 Å². The van der Waals surface area contributed by atoms with Crippen LogP contribution in [0.4, 0.5) is 0 Å². The second-order valence-electron chi connectivity index (χ2n) is 2.84. The predicted octanol–water partition coefficient (Wildman–Crippen LogP) is 1.11. The maximum atomic E-state index is 10.5. The molecule has 1 rings (SSSR count). The second-order valence-corrected chi connectivity index (χ2v) is 4.44. The van der Waals surface area contributed by atoms with Gasteiger partial charge in [0.2, 0.25) is 0 Å². The topological polar surface area (TPSA) is 69.6 Å². The highest BCUT2D eigenvalue weighted by molar-refractivity contribution is 7.60. The third kappa shape index (κ3) is 7.28. The first-order valence-corrected chi connectivity index (χ1v) is 6.45. The molecule has 5 heteroatoms. The molecule has 1 aromatic carbocycles. The van der Waals surface area contributed by atoms with Crippen LogP contribution in [0.15, 0.2) is 30.3 Å². The van der Waals surface area contributed by atoms with Gasteiger partial charge >= 0.3 is 7.60 Å². The van der Waals surface area contributed by atoms with Gasteiger partial charge in [0.25, 0.3) is 0 Å². The zero-order chi connectivity index (χ0) is 11.7. The third-order valence-electron chi connectivity index (χ3n) is 1.59. The first-order chi connectivity index (χ1) is 7.02. The molecule has 3 N–H and O–H groups in total. The Balaban J connectivity index is 0.000000336. The summed E-state index contributed by atoms with van der Waals surface area (Å²) in [5.74, 6) is 0. The fraction of sp³-hybridized carbons (Fsp3) is 0.400. The smallest absolute Gasteiger partial charge is 0.321 e. The number of benzene rings is 1. The van der Waals surface area contributed by atoms with E-state index in [1.54, 1.807) is 18.2 Å². The summed E-state index contributed by atoms with van der Waals surface area (Å²) < 4.78 is 10.5. The monoisotopic (exact) mass is 231 g/mol. The van der Waals surface area contributed by atoms with Crippen LogP contribution in [0, 0.1) is 0 Å². The lowest BCUT2D eigenvalue weighted by molar-refractivity contribution is 0.387. The standard InChI is InChI=1S/C6H7O3P.C4H11N/c7-10(8,9)6-4-2-1-3-5-6;1-3-5-4-2/h1-5H,(H2,7,8,9);5H,3-4H2,1-2H3. The Morgan fingerprint density at radius 2 is 1.60 bits per heavy atom. The molecule has 0 aliphatic heterocycles. The minimum absolute atomic E-state index is 0.0648. The number of hydrogen-bond donors (Lipinski definition) is 3. The van der Waals surface area contributed by atoms with Crippen LogP contribution >= 0.6 is 7.60 Å². The quantitative estimate of drug-likeness (QED) is 0.681. The summed E-state index contributed by atoms with van der Waals surface area (Å²) in [6.07, 6.45) is 0. The van der Waals surface area contributed by atoms with Crippen molar-refractivity contribution < 1.29 is 14.4 Å². The average Bonchev–Trinajstić information content (AvgIpc) is 2.20. The maximum absolute atomic E-state index is 10.5. The van der Waals surface area contributed by atoms with Crippen molar-refractivity contribution in [2.24, 2.45) is 0 Å². The molecule has 0 aromatic heterocycles. The highest BCUT2D eigenvalue weighted by Gasteiger charge is 2.14. The predicted molar refractivity (Wildman–Crippen MR) is 62.3 cm³/mol.